The fourth-order valence-electron chi connectivity index (χ4n) is 1.54. The summed E-state index contributed by atoms with van der Waals surface area (Å²) in [5, 5.41) is 0. The number of benzene rings is 1. The van der Waals surface area contributed by atoms with Crippen molar-refractivity contribution < 1.29 is 4.74 Å². The van der Waals surface area contributed by atoms with Gasteiger partial charge in [-0.15, -0.1) is 11.8 Å². The van der Waals surface area contributed by atoms with E-state index in [1.807, 2.05) is 24.5 Å². The molecular weight excluding hydrogens is 238 g/mol. The molecule has 2 N–H and O–H groups in total. The maximum Gasteiger partial charge on any atom is 0.130 e. The monoisotopic (exact) mass is 253 g/mol. The van der Waals surface area contributed by atoms with Gasteiger partial charge >= 0.3 is 0 Å². The Balaban J connectivity index is 2.22. The van der Waals surface area contributed by atoms with Gasteiger partial charge in [0, 0.05) is 4.90 Å². The maximum absolute atomic E-state index is 5.78. The van der Waals surface area contributed by atoms with Crippen molar-refractivity contribution >= 4 is 29.0 Å². The first kappa shape index (κ1) is 11.7. The average Bonchev–Trinajstić information content (AvgIpc) is 3.09. The van der Waals surface area contributed by atoms with E-state index in [0.717, 1.165) is 28.7 Å². The van der Waals surface area contributed by atoms with E-state index in [4.69, 9.17) is 22.7 Å². The normalized spacial score (nSPS) is 14.8. The molecule has 1 aromatic rings. The number of nitrogens with two attached hydrogens (primary N) is 1. The number of hydrogen-bond donors (Lipinski definition) is 1. The fourth-order valence-corrected chi connectivity index (χ4v) is 2.44. The lowest BCUT2D eigenvalue weighted by molar-refractivity contribution is 0.298. The van der Waals surface area contributed by atoms with Gasteiger partial charge in [0.2, 0.25) is 0 Å². The first-order valence-corrected chi connectivity index (χ1v) is 6.95. The molecule has 0 saturated heterocycles. The Labute approximate surface area is 106 Å². The van der Waals surface area contributed by atoms with E-state index in [1.165, 1.54) is 12.8 Å². The van der Waals surface area contributed by atoms with Gasteiger partial charge in [-0.25, -0.2) is 0 Å². The highest BCUT2D eigenvalue weighted by atomic mass is 32.2. The molecule has 4 heteroatoms. The molecule has 1 aliphatic carbocycles. The van der Waals surface area contributed by atoms with E-state index >= 15 is 0 Å². The molecule has 0 aromatic heterocycles. The third-order valence-corrected chi connectivity index (χ3v) is 3.61. The molecule has 2 rings (SSSR count). The smallest absolute Gasteiger partial charge is 0.130 e. The van der Waals surface area contributed by atoms with Crippen molar-refractivity contribution in [3.8, 4) is 5.75 Å². The quantitative estimate of drug-likeness (QED) is 0.646. The van der Waals surface area contributed by atoms with Gasteiger partial charge in [0.1, 0.15) is 10.7 Å². The van der Waals surface area contributed by atoms with E-state index in [0.29, 0.717) is 4.99 Å². The van der Waals surface area contributed by atoms with Gasteiger partial charge in [-0.1, -0.05) is 18.3 Å². The van der Waals surface area contributed by atoms with E-state index in [9.17, 15) is 0 Å². The van der Waals surface area contributed by atoms with Crippen LogP contribution >= 0.6 is 24.0 Å². The molecule has 1 aromatic carbocycles. The highest BCUT2D eigenvalue weighted by Gasteiger charge is 2.23. The molecule has 86 valence electrons. The van der Waals surface area contributed by atoms with Crippen molar-refractivity contribution in [2.45, 2.75) is 17.7 Å². The van der Waals surface area contributed by atoms with Gasteiger partial charge in [-0.3, -0.25) is 0 Å². The number of rotatable bonds is 5. The highest BCUT2D eigenvalue weighted by molar-refractivity contribution is 7.98. The van der Waals surface area contributed by atoms with E-state index in [-0.39, 0.29) is 0 Å². The van der Waals surface area contributed by atoms with Crippen LogP contribution in [0.5, 0.6) is 5.75 Å². The Morgan fingerprint density at radius 2 is 2.31 bits per heavy atom. The van der Waals surface area contributed by atoms with E-state index in [1.54, 1.807) is 11.8 Å². The molecule has 1 fully saturated rings. The third kappa shape index (κ3) is 2.68. The minimum absolute atomic E-state index is 0.413. The van der Waals surface area contributed by atoms with Crippen LogP contribution in [0.2, 0.25) is 0 Å². The minimum Gasteiger partial charge on any atom is -0.493 e. The summed E-state index contributed by atoms with van der Waals surface area (Å²) in [6.07, 6.45) is 4.58. The SMILES string of the molecule is CSc1cccc(OCC2CC2)c1C(N)=S. The molecule has 0 spiro atoms. The Kier molecular flexibility index (Phi) is 3.71. The Morgan fingerprint density at radius 3 is 2.88 bits per heavy atom. The van der Waals surface area contributed by atoms with Crippen LogP contribution < -0.4 is 10.5 Å². The lowest BCUT2D eigenvalue weighted by atomic mass is 10.2. The Morgan fingerprint density at radius 1 is 1.56 bits per heavy atom. The molecule has 0 unspecified atom stereocenters. The molecule has 0 bridgehead atoms. The Bertz CT molecular complexity index is 402. The number of thioether (sulfide) groups is 1. The van der Waals surface area contributed by atoms with E-state index < -0.39 is 0 Å². The minimum atomic E-state index is 0.413. The van der Waals surface area contributed by atoms with Crippen molar-refractivity contribution in [2.24, 2.45) is 11.7 Å². The van der Waals surface area contributed by atoms with Crippen LogP contribution in [0.1, 0.15) is 18.4 Å². The summed E-state index contributed by atoms with van der Waals surface area (Å²) in [5.74, 6) is 1.56. The second-order valence-corrected chi connectivity index (χ2v) is 5.24. The van der Waals surface area contributed by atoms with Gasteiger partial charge in [0.05, 0.1) is 12.2 Å². The summed E-state index contributed by atoms with van der Waals surface area (Å²) in [5.41, 5.74) is 6.63. The van der Waals surface area contributed by atoms with Gasteiger partial charge in [0.25, 0.3) is 0 Å². The standard InChI is InChI=1S/C12H15NOS2/c1-16-10-4-2-3-9(11(10)12(13)15)14-7-8-5-6-8/h2-4,8H,5-7H2,1H3,(H2,13,15). The summed E-state index contributed by atoms with van der Waals surface area (Å²) in [6, 6.07) is 5.94. The van der Waals surface area contributed by atoms with Crippen molar-refractivity contribution in [1.82, 2.24) is 0 Å². The van der Waals surface area contributed by atoms with Crippen LogP contribution in [0.3, 0.4) is 0 Å². The van der Waals surface area contributed by atoms with Gasteiger partial charge in [-0.05, 0) is 37.1 Å². The van der Waals surface area contributed by atoms with Crippen LogP contribution in [0.4, 0.5) is 0 Å². The second-order valence-electron chi connectivity index (χ2n) is 3.95. The first-order chi connectivity index (χ1) is 7.72. The van der Waals surface area contributed by atoms with Gasteiger partial charge in [-0.2, -0.15) is 0 Å². The predicted octanol–water partition coefficient (Wildman–Crippen LogP) is 2.83. The topological polar surface area (TPSA) is 35.2 Å². The zero-order valence-corrected chi connectivity index (χ0v) is 10.9. The number of ether oxygens (including phenoxy) is 1. The lowest BCUT2D eigenvalue weighted by Crippen LogP contribution is -2.13. The van der Waals surface area contributed by atoms with Crippen molar-refractivity contribution in [3.63, 3.8) is 0 Å². The number of hydrogen-bond acceptors (Lipinski definition) is 3. The van der Waals surface area contributed by atoms with Crippen LogP contribution in [-0.2, 0) is 0 Å². The highest BCUT2D eigenvalue weighted by Crippen LogP contribution is 2.32. The van der Waals surface area contributed by atoms with Crippen molar-refractivity contribution in [2.75, 3.05) is 12.9 Å². The first-order valence-electron chi connectivity index (χ1n) is 5.32. The number of thiocarbonyl (C=S) groups is 1. The van der Waals surface area contributed by atoms with Crippen LogP contribution in [-0.4, -0.2) is 17.9 Å². The third-order valence-electron chi connectivity index (χ3n) is 2.63. The van der Waals surface area contributed by atoms with Gasteiger partial charge in [0.15, 0.2) is 0 Å². The average molecular weight is 253 g/mol. The molecule has 16 heavy (non-hydrogen) atoms. The molecular formula is C12H15NOS2. The van der Waals surface area contributed by atoms with Crippen molar-refractivity contribution in [3.05, 3.63) is 23.8 Å². The Hall–Kier alpha value is -0.740. The summed E-state index contributed by atoms with van der Waals surface area (Å²) < 4.78 is 5.78. The molecule has 0 aliphatic heterocycles. The zero-order chi connectivity index (χ0) is 11.5. The summed E-state index contributed by atoms with van der Waals surface area (Å²) in [6.45, 7) is 0.785. The summed E-state index contributed by atoms with van der Waals surface area (Å²) >= 11 is 6.72. The predicted molar refractivity (Wildman–Crippen MR) is 72.3 cm³/mol. The van der Waals surface area contributed by atoms with E-state index in [2.05, 4.69) is 0 Å². The second kappa shape index (κ2) is 5.06. The lowest BCUT2D eigenvalue weighted by Gasteiger charge is -2.13. The molecule has 0 radical (unpaired) electrons. The fraction of sp³-hybridized carbons (Fsp3) is 0.417. The molecule has 1 saturated carbocycles. The zero-order valence-electron chi connectivity index (χ0n) is 9.23. The summed E-state index contributed by atoms with van der Waals surface area (Å²) in [7, 11) is 0. The molecule has 2 nitrogen and oxygen atoms in total. The largest absolute Gasteiger partial charge is 0.493 e. The maximum atomic E-state index is 5.78. The van der Waals surface area contributed by atoms with Crippen LogP contribution in [0, 0.1) is 5.92 Å². The van der Waals surface area contributed by atoms with Crippen molar-refractivity contribution in [1.29, 1.82) is 0 Å². The molecule has 0 amide bonds. The van der Waals surface area contributed by atoms with Crippen LogP contribution in [0.15, 0.2) is 23.1 Å². The molecule has 0 heterocycles. The molecule has 1 aliphatic rings. The van der Waals surface area contributed by atoms with Crippen LogP contribution in [0.25, 0.3) is 0 Å². The van der Waals surface area contributed by atoms with Gasteiger partial charge < -0.3 is 10.5 Å². The molecule has 0 atom stereocenters. The summed E-state index contributed by atoms with van der Waals surface area (Å²) in [4.78, 5) is 1.50.